The maximum Gasteiger partial charge on any atom is 0.217 e. The van der Waals surface area contributed by atoms with Crippen LogP contribution < -0.4 is 5.32 Å². The van der Waals surface area contributed by atoms with Gasteiger partial charge < -0.3 is 20.0 Å². The Morgan fingerprint density at radius 1 is 1.24 bits per heavy atom. The quantitative estimate of drug-likeness (QED) is 0.381. The number of nitrogens with one attached hydrogen (secondary N) is 1. The summed E-state index contributed by atoms with van der Waals surface area (Å²) in [6.45, 7) is 8.46. The Kier molecular flexibility index (Phi) is 7.32. The number of amides is 1. The van der Waals surface area contributed by atoms with Crippen LogP contribution >= 0.6 is 0 Å². The number of oxime groups is 1. The van der Waals surface area contributed by atoms with Crippen molar-refractivity contribution in [1.82, 2.24) is 19.8 Å². The van der Waals surface area contributed by atoms with Crippen molar-refractivity contribution in [3.63, 3.8) is 0 Å². The normalized spacial score (nSPS) is 23.1. The summed E-state index contributed by atoms with van der Waals surface area (Å²) in [4.78, 5) is 18.7. The van der Waals surface area contributed by atoms with Crippen molar-refractivity contribution in [3.8, 4) is 0 Å². The number of hydrogen-bond acceptors (Lipinski definition) is 5. The molecule has 1 aliphatic heterocycles. The van der Waals surface area contributed by atoms with Gasteiger partial charge in [0.2, 0.25) is 5.91 Å². The number of piperidine rings is 1. The average molecular weight is 458 g/mol. The van der Waals surface area contributed by atoms with Gasteiger partial charge in [-0.2, -0.15) is 0 Å². The number of hydrogen-bond donors (Lipinski definition) is 2. The van der Waals surface area contributed by atoms with Crippen LogP contribution in [0.5, 0.6) is 0 Å². The SMILES string of the molecule is CC(=O)NCc1c(C=NO)c2cc(F)cnc2n1C1CCN(C2CCC(C(C)C)CC2)CC1. The first-order valence-electron chi connectivity index (χ1n) is 12.2. The maximum absolute atomic E-state index is 14.0. The molecule has 7 nitrogen and oxygen atoms in total. The minimum atomic E-state index is -0.440. The van der Waals surface area contributed by atoms with E-state index in [0.717, 1.165) is 43.5 Å². The van der Waals surface area contributed by atoms with Crippen LogP contribution in [0.25, 0.3) is 11.0 Å². The number of likely N-dealkylation sites (tertiary alicyclic amines) is 1. The molecule has 1 aliphatic carbocycles. The fourth-order valence-corrected chi connectivity index (χ4v) is 5.86. The smallest absolute Gasteiger partial charge is 0.217 e. The monoisotopic (exact) mass is 457 g/mol. The van der Waals surface area contributed by atoms with Crippen LogP contribution in [0, 0.1) is 17.7 Å². The van der Waals surface area contributed by atoms with Crippen LogP contribution in [0.4, 0.5) is 4.39 Å². The highest BCUT2D eigenvalue weighted by Gasteiger charge is 2.32. The highest BCUT2D eigenvalue weighted by Crippen LogP contribution is 2.36. The Labute approximate surface area is 195 Å². The number of fused-ring (bicyclic) bond motifs is 1. The lowest BCUT2D eigenvalue weighted by Gasteiger charge is -2.42. The lowest BCUT2D eigenvalue weighted by atomic mass is 9.79. The van der Waals surface area contributed by atoms with E-state index in [4.69, 9.17) is 0 Å². The van der Waals surface area contributed by atoms with Gasteiger partial charge in [-0.25, -0.2) is 9.37 Å². The molecule has 0 unspecified atom stereocenters. The highest BCUT2D eigenvalue weighted by molar-refractivity contribution is 6.00. The average Bonchev–Trinajstić information content (AvgIpc) is 3.10. The van der Waals surface area contributed by atoms with Crippen molar-refractivity contribution in [2.45, 2.75) is 77.9 Å². The molecule has 2 fully saturated rings. The topological polar surface area (TPSA) is 82.7 Å². The van der Waals surface area contributed by atoms with Gasteiger partial charge in [-0.15, -0.1) is 0 Å². The molecule has 180 valence electrons. The molecular formula is C25H36FN5O2. The predicted molar refractivity (Wildman–Crippen MR) is 127 cm³/mol. The van der Waals surface area contributed by atoms with Crippen LogP contribution in [0.15, 0.2) is 17.4 Å². The predicted octanol–water partition coefficient (Wildman–Crippen LogP) is 4.47. The zero-order valence-corrected chi connectivity index (χ0v) is 19.9. The van der Waals surface area contributed by atoms with Crippen LogP contribution in [0.1, 0.15) is 76.6 Å². The lowest BCUT2D eigenvalue weighted by molar-refractivity contribution is -0.119. The summed E-state index contributed by atoms with van der Waals surface area (Å²) in [5, 5.41) is 15.9. The number of carbonyl (C=O) groups is 1. The molecule has 3 heterocycles. The minimum absolute atomic E-state index is 0.148. The van der Waals surface area contributed by atoms with E-state index in [1.807, 2.05) is 0 Å². The molecule has 1 saturated heterocycles. The first-order chi connectivity index (χ1) is 15.9. The van der Waals surface area contributed by atoms with Crippen molar-refractivity contribution < 1.29 is 14.4 Å². The number of aromatic nitrogens is 2. The van der Waals surface area contributed by atoms with E-state index in [9.17, 15) is 14.4 Å². The number of rotatable bonds is 6. The largest absolute Gasteiger partial charge is 0.411 e. The Morgan fingerprint density at radius 2 is 1.94 bits per heavy atom. The molecule has 0 bridgehead atoms. The number of pyridine rings is 1. The van der Waals surface area contributed by atoms with Gasteiger partial charge in [0.25, 0.3) is 0 Å². The van der Waals surface area contributed by atoms with Gasteiger partial charge in [0.15, 0.2) is 0 Å². The molecule has 1 amide bonds. The Hall–Kier alpha value is -2.48. The van der Waals surface area contributed by atoms with Gasteiger partial charge in [0, 0.05) is 48.7 Å². The molecular weight excluding hydrogens is 421 g/mol. The molecule has 1 saturated carbocycles. The van der Waals surface area contributed by atoms with E-state index in [2.05, 4.69) is 38.8 Å². The van der Waals surface area contributed by atoms with Gasteiger partial charge in [-0.3, -0.25) is 4.79 Å². The van der Waals surface area contributed by atoms with E-state index in [-0.39, 0.29) is 18.5 Å². The molecule has 8 heteroatoms. The third kappa shape index (κ3) is 5.05. The Bertz CT molecular complexity index is 1000. The van der Waals surface area contributed by atoms with Crippen LogP contribution in [0.3, 0.4) is 0 Å². The fourth-order valence-electron chi connectivity index (χ4n) is 5.86. The number of carbonyl (C=O) groups excluding carboxylic acids is 1. The van der Waals surface area contributed by atoms with E-state index in [0.29, 0.717) is 22.6 Å². The van der Waals surface area contributed by atoms with E-state index < -0.39 is 5.82 Å². The second-order valence-electron chi connectivity index (χ2n) is 9.99. The summed E-state index contributed by atoms with van der Waals surface area (Å²) in [5.41, 5.74) is 2.07. The van der Waals surface area contributed by atoms with Crippen molar-refractivity contribution in [2.24, 2.45) is 17.0 Å². The first-order valence-corrected chi connectivity index (χ1v) is 12.2. The molecule has 0 spiro atoms. The van der Waals surface area contributed by atoms with Crippen LogP contribution in [0.2, 0.25) is 0 Å². The summed E-state index contributed by atoms with van der Waals surface area (Å²) in [5.74, 6) is 1.05. The third-order valence-corrected chi connectivity index (χ3v) is 7.71. The van der Waals surface area contributed by atoms with Gasteiger partial charge in [0.05, 0.1) is 19.0 Å². The van der Waals surface area contributed by atoms with Gasteiger partial charge in [0.1, 0.15) is 11.5 Å². The van der Waals surface area contributed by atoms with Crippen molar-refractivity contribution in [3.05, 3.63) is 29.3 Å². The molecule has 0 radical (unpaired) electrons. The standard InChI is InChI=1S/C25H36FN5O2/c1-16(2)18-4-6-20(7-5-18)30-10-8-21(9-11-30)31-24(15-27-17(3)32)23(14-29-33)22-12-19(26)13-28-25(22)31/h12-14,16,18,20-21,33H,4-11,15H2,1-3H3,(H,27,32). The highest BCUT2D eigenvalue weighted by atomic mass is 19.1. The van der Waals surface area contributed by atoms with Crippen LogP contribution in [-0.4, -0.2) is 50.9 Å². The van der Waals surface area contributed by atoms with E-state index in [1.165, 1.54) is 51.1 Å². The second kappa shape index (κ2) is 10.2. The van der Waals surface area contributed by atoms with Crippen molar-refractivity contribution in [2.75, 3.05) is 13.1 Å². The van der Waals surface area contributed by atoms with E-state index >= 15 is 0 Å². The summed E-state index contributed by atoms with van der Waals surface area (Å²) < 4.78 is 16.2. The molecule has 4 rings (SSSR count). The first kappa shape index (κ1) is 23.7. The fraction of sp³-hybridized carbons (Fsp3) is 0.640. The molecule has 2 N–H and O–H groups in total. The van der Waals surface area contributed by atoms with E-state index in [1.54, 1.807) is 0 Å². The summed E-state index contributed by atoms with van der Waals surface area (Å²) >= 11 is 0. The van der Waals surface area contributed by atoms with Crippen molar-refractivity contribution >= 4 is 23.2 Å². The van der Waals surface area contributed by atoms with Gasteiger partial charge in [-0.05, 0) is 56.4 Å². The molecule has 2 aliphatic rings. The molecule has 0 aromatic carbocycles. The molecule has 2 aromatic rings. The number of halogens is 1. The second-order valence-corrected chi connectivity index (χ2v) is 9.99. The van der Waals surface area contributed by atoms with Gasteiger partial charge in [-0.1, -0.05) is 19.0 Å². The summed E-state index contributed by atoms with van der Waals surface area (Å²) in [6, 6.07) is 2.29. The zero-order valence-electron chi connectivity index (χ0n) is 19.9. The maximum atomic E-state index is 14.0. The summed E-state index contributed by atoms with van der Waals surface area (Å²) in [6.07, 6.45) is 9.70. The van der Waals surface area contributed by atoms with Gasteiger partial charge >= 0.3 is 0 Å². The lowest BCUT2D eigenvalue weighted by Crippen LogP contribution is -2.44. The molecule has 33 heavy (non-hydrogen) atoms. The Morgan fingerprint density at radius 3 is 2.55 bits per heavy atom. The third-order valence-electron chi connectivity index (χ3n) is 7.71. The van der Waals surface area contributed by atoms with Crippen molar-refractivity contribution in [1.29, 1.82) is 0 Å². The minimum Gasteiger partial charge on any atom is -0.411 e. The number of nitrogens with zero attached hydrogens (tertiary/aromatic N) is 4. The summed E-state index contributed by atoms with van der Waals surface area (Å²) in [7, 11) is 0. The molecule has 0 atom stereocenters. The van der Waals surface area contributed by atoms with Crippen LogP contribution in [-0.2, 0) is 11.3 Å². The molecule has 2 aromatic heterocycles. The Balaban J connectivity index is 1.57. The zero-order chi connectivity index (χ0) is 23.5.